The molecule has 0 aliphatic heterocycles. The van der Waals surface area contributed by atoms with E-state index in [4.69, 9.17) is 9.47 Å². The fourth-order valence-corrected chi connectivity index (χ4v) is 1.65. The zero-order chi connectivity index (χ0) is 13.0. The van der Waals surface area contributed by atoms with Crippen LogP contribution in [0.5, 0.6) is 11.5 Å². The van der Waals surface area contributed by atoms with E-state index >= 15 is 0 Å². The Morgan fingerprint density at radius 2 is 1.82 bits per heavy atom. The molecule has 17 heavy (non-hydrogen) atoms. The third kappa shape index (κ3) is 2.61. The number of methoxy groups -OCH3 is 3. The zero-order valence-electron chi connectivity index (χ0n) is 10.7. The Morgan fingerprint density at radius 1 is 1.18 bits per heavy atom. The number of amides is 1. The second-order valence-corrected chi connectivity index (χ2v) is 3.52. The van der Waals surface area contributed by atoms with E-state index in [1.54, 1.807) is 27.3 Å². The van der Waals surface area contributed by atoms with E-state index in [1.807, 2.05) is 13.0 Å². The molecule has 0 N–H and O–H groups in total. The number of hydrogen-bond donors (Lipinski definition) is 0. The van der Waals surface area contributed by atoms with Crippen molar-refractivity contribution >= 4 is 11.8 Å². The van der Waals surface area contributed by atoms with Gasteiger partial charge in [0.2, 0.25) is 0 Å². The van der Waals surface area contributed by atoms with Crippen molar-refractivity contribution < 1.29 is 19.0 Å². The van der Waals surface area contributed by atoms with Crippen LogP contribution in [0, 0.1) is 6.92 Å². The summed E-state index contributed by atoms with van der Waals surface area (Å²) in [5, 5.41) is 0. The smallest absolute Gasteiger partial charge is 0.413 e. The van der Waals surface area contributed by atoms with Gasteiger partial charge in [0.25, 0.3) is 0 Å². The first-order valence-corrected chi connectivity index (χ1v) is 5.09. The van der Waals surface area contributed by atoms with Gasteiger partial charge in [0.15, 0.2) is 0 Å². The molecule has 0 bridgehead atoms. The number of nitrogens with zero attached hydrogens (tertiary/aromatic N) is 1. The number of anilines is 1. The van der Waals surface area contributed by atoms with Gasteiger partial charge in [-0.1, -0.05) is 0 Å². The summed E-state index contributed by atoms with van der Waals surface area (Å²) < 4.78 is 15.1. The number of rotatable bonds is 3. The molecule has 1 aromatic rings. The first kappa shape index (κ1) is 13.2. The Bertz CT molecular complexity index is 417. The predicted molar refractivity (Wildman–Crippen MR) is 65.1 cm³/mol. The van der Waals surface area contributed by atoms with Crippen molar-refractivity contribution in [2.75, 3.05) is 33.3 Å². The molecule has 0 aliphatic rings. The van der Waals surface area contributed by atoms with Crippen LogP contribution in [0.15, 0.2) is 12.1 Å². The van der Waals surface area contributed by atoms with Crippen molar-refractivity contribution in [1.29, 1.82) is 0 Å². The molecule has 0 atom stereocenters. The molecule has 0 aromatic heterocycles. The minimum Gasteiger partial charge on any atom is -0.497 e. The lowest BCUT2D eigenvalue weighted by molar-refractivity contribution is 0.180. The molecule has 0 saturated carbocycles. The van der Waals surface area contributed by atoms with E-state index in [2.05, 4.69) is 4.74 Å². The van der Waals surface area contributed by atoms with Gasteiger partial charge in [0.05, 0.1) is 27.0 Å². The van der Waals surface area contributed by atoms with Gasteiger partial charge in [-0.05, 0) is 18.6 Å². The first-order valence-electron chi connectivity index (χ1n) is 5.09. The van der Waals surface area contributed by atoms with Crippen molar-refractivity contribution in [3.8, 4) is 11.5 Å². The summed E-state index contributed by atoms with van der Waals surface area (Å²) in [4.78, 5) is 12.9. The average Bonchev–Trinajstić information content (AvgIpc) is 2.35. The first-order chi connectivity index (χ1) is 8.04. The van der Waals surface area contributed by atoms with Crippen molar-refractivity contribution in [3.05, 3.63) is 17.7 Å². The minimum atomic E-state index is -0.448. The largest absolute Gasteiger partial charge is 0.497 e. The second-order valence-electron chi connectivity index (χ2n) is 3.52. The summed E-state index contributed by atoms with van der Waals surface area (Å²) in [6.07, 6.45) is -0.448. The summed E-state index contributed by atoms with van der Waals surface area (Å²) in [6.45, 7) is 1.87. The lowest BCUT2D eigenvalue weighted by Crippen LogP contribution is -2.27. The van der Waals surface area contributed by atoms with Gasteiger partial charge >= 0.3 is 6.09 Å². The summed E-state index contributed by atoms with van der Waals surface area (Å²) in [6, 6.07) is 3.55. The molecule has 1 amide bonds. The third-order valence-corrected chi connectivity index (χ3v) is 2.48. The lowest BCUT2D eigenvalue weighted by Gasteiger charge is -2.21. The van der Waals surface area contributed by atoms with Crippen LogP contribution in [-0.2, 0) is 4.74 Å². The highest BCUT2D eigenvalue weighted by atomic mass is 16.5. The van der Waals surface area contributed by atoms with E-state index in [0.717, 1.165) is 5.56 Å². The minimum absolute atomic E-state index is 0.448. The quantitative estimate of drug-likeness (QED) is 0.811. The van der Waals surface area contributed by atoms with Crippen LogP contribution >= 0.6 is 0 Å². The molecule has 0 radical (unpaired) electrons. The van der Waals surface area contributed by atoms with Crippen LogP contribution in [0.1, 0.15) is 5.56 Å². The summed E-state index contributed by atoms with van der Waals surface area (Å²) in [5.74, 6) is 1.25. The number of ether oxygens (including phenoxy) is 3. The number of carbonyl (C=O) groups excluding carboxylic acids is 1. The fourth-order valence-electron chi connectivity index (χ4n) is 1.65. The summed E-state index contributed by atoms with van der Waals surface area (Å²) in [5.41, 5.74) is 1.54. The zero-order valence-corrected chi connectivity index (χ0v) is 10.7. The molecule has 0 heterocycles. The topological polar surface area (TPSA) is 48.0 Å². The van der Waals surface area contributed by atoms with E-state index < -0.39 is 6.09 Å². The number of aryl methyl sites for hydroxylation is 1. The maximum absolute atomic E-state index is 11.5. The van der Waals surface area contributed by atoms with Gasteiger partial charge in [-0.15, -0.1) is 0 Å². The fraction of sp³-hybridized carbons (Fsp3) is 0.417. The Morgan fingerprint density at radius 3 is 2.29 bits per heavy atom. The SMILES string of the molecule is COC(=O)N(C)c1c(C)cc(OC)cc1OC. The van der Waals surface area contributed by atoms with Gasteiger partial charge in [-0.2, -0.15) is 0 Å². The summed E-state index contributed by atoms with van der Waals surface area (Å²) in [7, 11) is 6.09. The van der Waals surface area contributed by atoms with Gasteiger partial charge in [0.1, 0.15) is 11.5 Å². The molecular formula is C12H17NO4. The second kappa shape index (κ2) is 5.43. The normalized spacial score (nSPS) is 9.71. The van der Waals surface area contributed by atoms with Gasteiger partial charge < -0.3 is 14.2 Å². The molecule has 1 aromatic carbocycles. The number of carbonyl (C=O) groups is 1. The van der Waals surface area contributed by atoms with Gasteiger partial charge in [-0.25, -0.2) is 4.79 Å². The lowest BCUT2D eigenvalue weighted by atomic mass is 10.1. The summed E-state index contributed by atoms with van der Waals surface area (Å²) >= 11 is 0. The van der Waals surface area contributed by atoms with Crippen molar-refractivity contribution in [1.82, 2.24) is 0 Å². The van der Waals surface area contributed by atoms with Gasteiger partial charge in [0, 0.05) is 13.1 Å². The van der Waals surface area contributed by atoms with E-state index in [-0.39, 0.29) is 0 Å². The monoisotopic (exact) mass is 239 g/mol. The van der Waals surface area contributed by atoms with Crippen molar-refractivity contribution in [2.45, 2.75) is 6.92 Å². The molecule has 94 valence electrons. The van der Waals surface area contributed by atoms with Crippen LogP contribution < -0.4 is 14.4 Å². The molecule has 0 fully saturated rings. The van der Waals surface area contributed by atoms with Crippen molar-refractivity contribution in [3.63, 3.8) is 0 Å². The number of benzene rings is 1. The van der Waals surface area contributed by atoms with Crippen LogP contribution in [0.2, 0.25) is 0 Å². The Balaban J connectivity index is 3.27. The van der Waals surface area contributed by atoms with Gasteiger partial charge in [-0.3, -0.25) is 4.90 Å². The van der Waals surface area contributed by atoms with E-state index in [1.165, 1.54) is 12.0 Å². The number of hydrogen-bond acceptors (Lipinski definition) is 4. The molecule has 0 unspecified atom stereocenters. The van der Waals surface area contributed by atoms with Crippen LogP contribution in [0.25, 0.3) is 0 Å². The van der Waals surface area contributed by atoms with E-state index in [0.29, 0.717) is 17.2 Å². The Labute approximate surface area is 101 Å². The molecule has 1 rings (SSSR count). The molecule has 5 nitrogen and oxygen atoms in total. The highest BCUT2D eigenvalue weighted by Gasteiger charge is 2.19. The third-order valence-electron chi connectivity index (χ3n) is 2.48. The Hall–Kier alpha value is -1.91. The highest BCUT2D eigenvalue weighted by Crippen LogP contribution is 2.35. The Kier molecular flexibility index (Phi) is 4.20. The predicted octanol–water partition coefficient (Wildman–Crippen LogP) is 2.21. The average molecular weight is 239 g/mol. The van der Waals surface area contributed by atoms with Crippen LogP contribution in [0.4, 0.5) is 10.5 Å². The highest BCUT2D eigenvalue weighted by molar-refractivity contribution is 5.90. The van der Waals surface area contributed by atoms with Crippen molar-refractivity contribution in [2.24, 2.45) is 0 Å². The molecule has 5 heteroatoms. The molecule has 0 aliphatic carbocycles. The molecule has 0 saturated heterocycles. The van der Waals surface area contributed by atoms with Crippen LogP contribution in [0.3, 0.4) is 0 Å². The standard InChI is InChI=1S/C12H17NO4/c1-8-6-9(15-3)7-10(16-4)11(8)13(2)12(14)17-5/h6-7H,1-5H3. The maximum atomic E-state index is 11.5. The van der Waals surface area contributed by atoms with E-state index in [9.17, 15) is 4.79 Å². The molecule has 0 spiro atoms. The maximum Gasteiger partial charge on any atom is 0.413 e. The van der Waals surface area contributed by atoms with Crippen LogP contribution in [-0.4, -0.2) is 34.5 Å². The molecular weight excluding hydrogens is 222 g/mol.